The molecule has 2 aliphatic rings. The minimum Gasteiger partial charge on any atom is -0.418 e. The summed E-state index contributed by atoms with van der Waals surface area (Å²) < 4.78 is 6.52. The molecule has 21 heavy (non-hydrogen) atoms. The summed E-state index contributed by atoms with van der Waals surface area (Å²) in [5.41, 5.74) is 6.69. The Kier molecular flexibility index (Phi) is 6.23. The van der Waals surface area contributed by atoms with Crippen molar-refractivity contribution in [2.45, 2.75) is 46.0 Å². The smallest absolute Gasteiger partial charge is 0.308 e. The second-order valence-electron chi connectivity index (χ2n) is 5.15. The Labute approximate surface area is 133 Å². The zero-order chi connectivity index (χ0) is 15.2. The first-order valence-corrected chi connectivity index (χ1v) is 9.82. The van der Waals surface area contributed by atoms with Gasteiger partial charge in [-0.1, -0.05) is 37.9 Å². The topological polar surface area (TPSA) is 64.7 Å². The lowest BCUT2D eigenvalue weighted by Crippen LogP contribution is -2.06. The fourth-order valence-corrected chi connectivity index (χ4v) is 6.44. The fourth-order valence-electron chi connectivity index (χ4n) is 2.39. The highest BCUT2D eigenvalue weighted by Crippen LogP contribution is 2.55. The Morgan fingerprint density at radius 2 is 2.29 bits per heavy atom. The van der Waals surface area contributed by atoms with Crippen LogP contribution in [0.15, 0.2) is 26.8 Å². The minimum absolute atomic E-state index is 0.301. The molecule has 0 amide bonds. The van der Waals surface area contributed by atoms with E-state index in [1.165, 1.54) is 31.1 Å². The van der Waals surface area contributed by atoms with Gasteiger partial charge in [0.1, 0.15) is 4.38 Å². The summed E-state index contributed by atoms with van der Waals surface area (Å²) in [7, 11) is -0.780. The number of thioether (sulfide) groups is 1. The lowest BCUT2D eigenvalue weighted by atomic mass is 10.1. The van der Waals surface area contributed by atoms with Crippen LogP contribution in [0.2, 0.25) is 0 Å². The molecule has 0 bridgehead atoms. The summed E-state index contributed by atoms with van der Waals surface area (Å²) in [5.74, 6) is 0.717. The molecular formula is C15H24N2O2S2. The average Bonchev–Trinajstić information content (AvgIpc) is 3.04. The Balaban J connectivity index is 2.09. The molecule has 0 aromatic rings. The van der Waals surface area contributed by atoms with Gasteiger partial charge in [0.2, 0.25) is 0 Å². The molecule has 0 aliphatic carbocycles. The number of allylic oxidation sites excluding steroid dienone is 2. The van der Waals surface area contributed by atoms with Crippen molar-refractivity contribution in [3.8, 4) is 0 Å². The molecule has 0 saturated carbocycles. The fraction of sp³-hybridized carbons (Fsp3) is 0.600. The maximum absolute atomic E-state index is 11.3. The first kappa shape index (κ1) is 16.5. The van der Waals surface area contributed by atoms with E-state index in [1.807, 2.05) is 6.08 Å². The van der Waals surface area contributed by atoms with E-state index >= 15 is 0 Å². The molecule has 0 saturated heterocycles. The largest absolute Gasteiger partial charge is 0.418 e. The number of hydrogen-bond acceptors (Lipinski definition) is 5. The Morgan fingerprint density at radius 3 is 2.90 bits per heavy atom. The van der Waals surface area contributed by atoms with Crippen LogP contribution in [0.3, 0.4) is 0 Å². The SMILES string of the molecule is CCCCCCC1=CC(N)=C(OC(C)=O)[SH]1C1=NCCS1. The van der Waals surface area contributed by atoms with Crippen LogP contribution >= 0.6 is 22.7 Å². The van der Waals surface area contributed by atoms with Crippen molar-refractivity contribution < 1.29 is 9.53 Å². The second-order valence-corrected chi connectivity index (χ2v) is 8.61. The van der Waals surface area contributed by atoms with Gasteiger partial charge in [0, 0.05) is 12.7 Å². The van der Waals surface area contributed by atoms with Crippen molar-refractivity contribution in [1.82, 2.24) is 0 Å². The van der Waals surface area contributed by atoms with Gasteiger partial charge in [-0.05, 0) is 23.8 Å². The molecule has 6 heteroatoms. The summed E-state index contributed by atoms with van der Waals surface area (Å²) in [6, 6.07) is 0. The molecule has 2 heterocycles. The van der Waals surface area contributed by atoms with E-state index in [1.54, 1.807) is 11.8 Å². The number of unbranched alkanes of at least 4 members (excludes halogenated alkanes) is 3. The number of ether oxygens (including phenoxy) is 1. The third kappa shape index (κ3) is 4.30. The maximum Gasteiger partial charge on any atom is 0.308 e. The number of nitrogens with zero attached hydrogens (tertiary/aromatic N) is 1. The van der Waals surface area contributed by atoms with E-state index in [0.29, 0.717) is 10.8 Å². The van der Waals surface area contributed by atoms with Gasteiger partial charge in [-0.3, -0.25) is 9.79 Å². The molecule has 1 unspecified atom stereocenters. The quantitative estimate of drug-likeness (QED) is 0.444. The van der Waals surface area contributed by atoms with Gasteiger partial charge in [0.15, 0.2) is 5.09 Å². The van der Waals surface area contributed by atoms with Crippen molar-refractivity contribution in [2.75, 3.05) is 12.3 Å². The number of thiol groups is 1. The third-order valence-electron chi connectivity index (χ3n) is 3.35. The molecule has 0 aromatic heterocycles. The van der Waals surface area contributed by atoms with Crippen molar-refractivity contribution in [1.29, 1.82) is 0 Å². The highest BCUT2D eigenvalue weighted by Gasteiger charge is 2.31. The third-order valence-corrected chi connectivity index (χ3v) is 7.26. The predicted molar refractivity (Wildman–Crippen MR) is 93.6 cm³/mol. The zero-order valence-electron chi connectivity index (χ0n) is 12.7. The molecular weight excluding hydrogens is 304 g/mol. The van der Waals surface area contributed by atoms with E-state index in [9.17, 15) is 4.79 Å². The normalized spacial score (nSPS) is 23.2. The number of carbonyl (C=O) groups excluding carboxylic acids is 1. The molecule has 1 atom stereocenters. The van der Waals surface area contributed by atoms with Crippen LogP contribution in [0, 0.1) is 0 Å². The van der Waals surface area contributed by atoms with Gasteiger partial charge in [-0.2, -0.15) is 0 Å². The first-order valence-electron chi connectivity index (χ1n) is 7.49. The molecule has 2 rings (SSSR count). The Bertz CT molecular complexity index is 498. The number of hydrogen-bond donors (Lipinski definition) is 2. The highest BCUT2D eigenvalue weighted by molar-refractivity contribution is 8.51. The summed E-state index contributed by atoms with van der Waals surface area (Å²) in [4.78, 5) is 17.2. The van der Waals surface area contributed by atoms with Crippen LogP contribution in [-0.2, 0) is 9.53 Å². The van der Waals surface area contributed by atoms with Crippen molar-refractivity contribution in [3.63, 3.8) is 0 Å². The number of rotatable bonds is 6. The Hall–Kier alpha value is -0.880. The maximum atomic E-state index is 11.3. The molecule has 0 radical (unpaired) electrons. The molecule has 2 aliphatic heterocycles. The van der Waals surface area contributed by atoms with Gasteiger partial charge < -0.3 is 10.5 Å². The molecule has 2 N–H and O–H groups in total. The second kappa shape index (κ2) is 7.94. The molecule has 4 nitrogen and oxygen atoms in total. The zero-order valence-corrected chi connectivity index (χ0v) is 14.4. The van der Waals surface area contributed by atoms with Gasteiger partial charge >= 0.3 is 5.97 Å². The number of esters is 1. The predicted octanol–water partition coefficient (Wildman–Crippen LogP) is 3.65. The summed E-state index contributed by atoms with van der Waals surface area (Å²) in [5, 5.41) is 0.649. The monoisotopic (exact) mass is 328 g/mol. The number of aliphatic imine (C=N–C) groups is 1. The van der Waals surface area contributed by atoms with Crippen LogP contribution in [0.4, 0.5) is 0 Å². The lowest BCUT2D eigenvalue weighted by Gasteiger charge is -2.22. The van der Waals surface area contributed by atoms with E-state index in [-0.39, 0.29) is 5.97 Å². The molecule has 118 valence electrons. The number of carbonyl (C=O) groups is 1. The summed E-state index contributed by atoms with van der Waals surface area (Å²) >= 11 is 1.78. The van der Waals surface area contributed by atoms with E-state index in [2.05, 4.69) is 11.9 Å². The molecule has 0 spiro atoms. The summed E-state index contributed by atoms with van der Waals surface area (Å²) in [6.07, 6.45) is 7.93. The van der Waals surface area contributed by atoms with Gasteiger partial charge in [0.05, 0.1) is 12.2 Å². The minimum atomic E-state index is -0.780. The standard InChI is InChI=1S/C15H24N2O2S2/c1-3-4-5-6-7-12-10-13(16)14(19-11(2)18)21(12)15-17-8-9-20-15/h10,21H,3-9,16H2,1-2H3. The van der Waals surface area contributed by atoms with E-state index in [0.717, 1.165) is 29.5 Å². The highest BCUT2D eigenvalue weighted by atomic mass is 32.2. The van der Waals surface area contributed by atoms with E-state index in [4.69, 9.17) is 10.5 Å². The number of nitrogens with two attached hydrogens (primary N) is 1. The lowest BCUT2D eigenvalue weighted by molar-refractivity contribution is -0.135. The van der Waals surface area contributed by atoms with Gasteiger partial charge in [-0.25, -0.2) is 0 Å². The van der Waals surface area contributed by atoms with Gasteiger partial charge in [0.25, 0.3) is 0 Å². The van der Waals surface area contributed by atoms with Crippen molar-refractivity contribution in [3.05, 3.63) is 21.8 Å². The van der Waals surface area contributed by atoms with Crippen molar-refractivity contribution in [2.24, 2.45) is 10.7 Å². The van der Waals surface area contributed by atoms with Crippen LogP contribution in [0.25, 0.3) is 0 Å². The van der Waals surface area contributed by atoms with Crippen molar-refractivity contribution >= 4 is 33.0 Å². The van der Waals surface area contributed by atoms with Crippen LogP contribution < -0.4 is 5.73 Å². The first-order chi connectivity index (χ1) is 10.1. The Morgan fingerprint density at radius 1 is 1.48 bits per heavy atom. The molecule has 0 aromatic carbocycles. The molecule has 0 fully saturated rings. The van der Waals surface area contributed by atoms with E-state index < -0.39 is 10.9 Å². The average molecular weight is 329 g/mol. The van der Waals surface area contributed by atoms with Crippen LogP contribution in [0.5, 0.6) is 0 Å². The van der Waals surface area contributed by atoms with Gasteiger partial charge in [-0.15, -0.1) is 10.9 Å². The van der Waals surface area contributed by atoms with Crippen LogP contribution in [-0.4, -0.2) is 22.6 Å². The summed E-state index contributed by atoms with van der Waals surface area (Å²) in [6.45, 7) is 4.50. The van der Waals surface area contributed by atoms with Crippen LogP contribution in [0.1, 0.15) is 46.0 Å².